The Hall–Kier alpha value is -0.890. The fourth-order valence-electron chi connectivity index (χ4n) is 2.20. The molecule has 0 unspecified atom stereocenters. The molecular formula is C12H18N2. The number of pyridine rings is 1. The van der Waals surface area contributed by atoms with Gasteiger partial charge in [-0.2, -0.15) is 0 Å². The van der Waals surface area contributed by atoms with Crippen molar-refractivity contribution in [3.8, 4) is 0 Å². The minimum Gasteiger partial charge on any atom is -0.310 e. The van der Waals surface area contributed by atoms with E-state index in [9.17, 15) is 0 Å². The lowest BCUT2D eigenvalue weighted by Crippen LogP contribution is -2.30. The van der Waals surface area contributed by atoms with Crippen molar-refractivity contribution < 1.29 is 0 Å². The highest BCUT2D eigenvalue weighted by Crippen LogP contribution is 2.24. The zero-order valence-corrected chi connectivity index (χ0v) is 8.74. The Kier molecular flexibility index (Phi) is 3.14. The number of nitrogens with zero attached hydrogens (tertiary/aromatic N) is 1. The summed E-state index contributed by atoms with van der Waals surface area (Å²) < 4.78 is 0. The molecule has 0 amide bonds. The predicted octanol–water partition coefficient (Wildman–Crippen LogP) is 2.36. The van der Waals surface area contributed by atoms with E-state index < -0.39 is 0 Å². The van der Waals surface area contributed by atoms with Gasteiger partial charge in [0.05, 0.1) is 0 Å². The fourth-order valence-corrected chi connectivity index (χ4v) is 2.20. The van der Waals surface area contributed by atoms with Gasteiger partial charge in [0.15, 0.2) is 0 Å². The average Bonchev–Trinajstić information content (AvgIpc) is 2.63. The Morgan fingerprint density at radius 1 is 1.50 bits per heavy atom. The van der Waals surface area contributed by atoms with E-state index in [2.05, 4.69) is 23.3 Å². The minimum absolute atomic E-state index is 0.718. The van der Waals surface area contributed by atoms with Crippen molar-refractivity contribution in [2.24, 2.45) is 5.92 Å². The topological polar surface area (TPSA) is 24.9 Å². The number of hydrogen-bond acceptors (Lipinski definition) is 2. The van der Waals surface area contributed by atoms with Crippen molar-refractivity contribution in [3.05, 3.63) is 30.1 Å². The Morgan fingerprint density at radius 3 is 3.07 bits per heavy atom. The summed E-state index contributed by atoms with van der Waals surface area (Å²) in [4.78, 5) is 4.11. The second-order valence-electron chi connectivity index (χ2n) is 4.26. The molecule has 1 aliphatic carbocycles. The Balaban J connectivity index is 1.82. The molecule has 1 saturated carbocycles. The molecule has 2 atom stereocenters. The lowest BCUT2D eigenvalue weighted by molar-refractivity contribution is 0.426. The van der Waals surface area contributed by atoms with E-state index in [1.54, 1.807) is 0 Å². The van der Waals surface area contributed by atoms with Crippen molar-refractivity contribution in [2.75, 3.05) is 0 Å². The van der Waals surface area contributed by atoms with Gasteiger partial charge in [0, 0.05) is 25.0 Å². The van der Waals surface area contributed by atoms with Crippen LogP contribution in [0.1, 0.15) is 31.7 Å². The first-order chi connectivity index (χ1) is 6.86. The molecule has 0 radical (unpaired) electrons. The molecule has 76 valence electrons. The van der Waals surface area contributed by atoms with E-state index in [4.69, 9.17) is 0 Å². The highest BCUT2D eigenvalue weighted by molar-refractivity contribution is 5.08. The Labute approximate surface area is 85.7 Å². The summed E-state index contributed by atoms with van der Waals surface area (Å²) in [6.45, 7) is 3.30. The number of rotatable bonds is 3. The third-order valence-corrected chi connectivity index (χ3v) is 3.15. The van der Waals surface area contributed by atoms with Gasteiger partial charge in [-0.1, -0.05) is 19.4 Å². The standard InChI is InChI=1S/C12H18N2/c1-10-4-2-6-12(10)14-9-11-5-3-7-13-8-11/h3,5,7-8,10,12,14H,2,4,6,9H2,1H3/t10-,12-/m1/s1. The number of hydrogen-bond donors (Lipinski definition) is 1. The molecule has 1 N–H and O–H groups in total. The second kappa shape index (κ2) is 4.56. The first-order valence-electron chi connectivity index (χ1n) is 5.48. The maximum absolute atomic E-state index is 4.11. The summed E-state index contributed by atoms with van der Waals surface area (Å²) in [5, 5.41) is 3.61. The van der Waals surface area contributed by atoms with Gasteiger partial charge in [0.2, 0.25) is 0 Å². The molecule has 14 heavy (non-hydrogen) atoms. The lowest BCUT2D eigenvalue weighted by Gasteiger charge is -2.16. The number of nitrogens with one attached hydrogen (secondary N) is 1. The first kappa shape index (κ1) is 9.66. The van der Waals surface area contributed by atoms with E-state index in [0.717, 1.165) is 18.5 Å². The molecule has 2 rings (SSSR count). The Morgan fingerprint density at radius 2 is 2.43 bits per heavy atom. The monoisotopic (exact) mass is 190 g/mol. The van der Waals surface area contributed by atoms with Gasteiger partial charge in [-0.15, -0.1) is 0 Å². The zero-order chi connectivity index (χ0) is 9.80. The van der Waals surface area contributed by atoms with Crippen LogP contribution in [0.15, 0.2) is 24.5 Å². The molecule has 0 spiro atoms. The average molecular weight is 190 g/mol. The highest BCUT2D eigenvalue weighted by Gasteiger charge is 2.22. The van der Waals surface area contributed by atoms with Crippen molar-refractivity contribution in [1.29, 1.82) is 0 Å². The molecule has 0 bridgehead atoms. The van der Waals surface area contributed by atoms with Gasteiger partial charge in [0.1, 0.15) is 0 Å². The van der Waals surface area contributed by atoms with Gasteiger partial charge >= 0.3 is 0 Å². The van der Waals surface area contributed by atoms with Crippen LogP contribution in [0.25, 0.3) is 0 Å². The van der Waals surface area contributed by atoms with E-state index in [-0.39, 0.29) is 0 Å². The third kappa shape index (κ3) is 2.32. The van der Waals surface area contributed by atoms with E-state index >= 15 is 0 Å². The second-order valence-corrected chi connectivity index (χ2v) is 4.26. The molecular weight excluding hydrogens is 172 g/mol. The summed E-state index contributed by atoms with van der Waals surface area (Å²) in [6.07, 6.45) is 7.85. The van der Waals surface area contributed by atoms with Crippen LogP contribution in [-0.4, -0.2) is 11.0 Å². The first-order valence-corrected chi connectivity index (χ1v) is 5.48. The van der Waals surface area contributed by atoms with E-state index in [0.29, 0.717) is 0 Å². The van der Waals surface area contributed by atoms with Gasteiger partial charge in [-0.05, 0) is 30.4 Å². The molecule has 1 aliphatic rings. The molecule has 2 heteroatoms. The van der Waals surface area contributed by atoms with Crippen molar-refractivity contribution in [3.63, 3.8) is 0 Å². The molecule has 0 aromatic carbocycles. The summed E-state index contributed by atoms with van der Waals surface area (Å²) >= 11 is 0. The SMILES string of the molecule is C[C@@H]1CCC[C@H]1NCc1cccnc1. The zero-order valence-electron chi connectivity index (χ0n) is 8.74. The molecule has 1 heterocycles. The van der Waals surface area contributed by atoms with Crippen molar-refractivity contribution >= 4 is 0 Å². The van der Waals surface area contributed by atoms with Gasteiger partial charge in [0.25, 0.3) is 0 Å². The smallest absolute Gasteiger partial charge is 0.0312 e. The van der Waals surface area contributed by atoms with E-state index in [1.807, 2.05) is 18.5 Å². The summed E-state index contributed by atoms with van der Waals surface area (Å²) in [7, 11) is 0. The molecule has 2 nitrogen and oxygen atoms in total. The molecule has 0 aliphatic heterocycles. The van der Waals surface area contributed by atoms with Crippen LogP contribution in [0, 0.1) is 5.92 Å². The summed E-state index contributed by atoms with van der Waals surface area (Å²) in [5.74, 6) is 0.840. The molecule has 1 aromatic rings. The van der Waals surface area contributed by atoms with E-state index in [1.165, 1.54) is 24.8 Å². The van der Waals surface area contributed by atoms with Crippen LogP contribution < -0.4 is 5.32 Å². The van der Waals surface area contributed by atoms with Gasteiger partial charge < -0.3 is 5.32 Å². The van der Waals surface area contributed by atoms with Crippen LogP contribution in [0.4, 0.5) is 0 Å². The predicted molar refractivity (Wildman–Crippen MR) is 57.9 cm³/mol. The summed E-state index contributed by atoms with van der Waals surface area (Å²) in [6, 6.07) is 4.84. The quantitative estimate of drug-likeness (QED) is 0.791. The molecule has 0 saturated heterocycles. The van der Waals surface area contributed by atoms with Crippen molar-refractivity contribution in [2.45, 2.75) is 38.8 Å². The van der Waals surface area contributed by atoms with Crippen LogP contribution in [0.2, 0.25) is 0 Å². The highest BCUT2D eigenvalue weighted by atomic mass is 14.9. The van der Waals surface area contributed by atoms with Crippen LogP contribution in [0.5, 0.6) is 0 Å². The van der Waals surface area contributed by atoms with Gasteiger partial charge in [-0.3, -0.25) is 4.98 Å². The van der Waals surface area contributed by atoms with Crippen LogP contribution in [0.3, 0.4) is 0 Å². The van der Waals surface area contributed by atoms with Crippen molar-refractivity contribution in [1.82, 2.24) is 10.3 Å². The fraction of sp³-hybridized carbons (Fsp3) is 0.583. The maximum atomic E-state index is 4.11. The van der Waals surface area contributed by atoms with Gasteiger partial charge in [-0.25, -0.2) is 0 Å². The molecule has 1 aromatic heterocycles. The van der Waals surface area contributed by atoms with Crippen LogP contribution >= 0.6 is 0 Å². The normalized spacial score (nSPS) is 26.6. The minimum atomic E-state index is 0.718. The number of aromatic nitrogens is 1. The Bertz CT molecular complexity index is 271. The lowest BCUT2D eigenvalue weighted by atomic mass is 10.1. The third-order valence-electron chi connectivity index (χ3n) is 3.15. The largest absolute Gasteiger partial charge is 0.310 e. The maximum Gasteiger partial charge on any atom is 0.0312 e. The van der Waals surface area contributed by atoms with Crippen LogP contribution in [-0.2, 0) is 6.54 Å². The summed E-state index contributed by atoms with van der Waals surface area (Å²) in [5.41, 5.74) is 1.28. The molecule has 1 fully saturated rings.